The van der Waals surface area contributed by atoms with E-state index in [2.05, 4.69) is 13.8 Å². The number of nitriles is 1. The Morgan fingerprint density at radius 3 is 2.50 bits per heavy atom. The number of aliphatic hydroxyl groups is 1. The molecule has 0 bridgehead atoms. The van der Waals surface area contributed by atoms with Crippen LogP contribution in [0.15, 0.2) is 0 Å². The van der Waals surface area contributed by atoms with Gasteiger partial charge in [0, 0.05) is 12.4 Å². The van der Waals surface area contributed by atoms with E-state index in [1.165, 1.54) is 11.8 Å². The maximum atomic E-state index is 8.80. The van der Waals surface area contributed by atoms with Gasteiger partial charge in [-0.1, -0.05) is 13.8 Å². The lowest BCUT2D eigenvalue weighted by Crippen LogP contribution is -2.15. The molecule has 0 heterocycles. The summed E-state index contributed by atoms with van der Waals surface area (Å²) >= 11 is 1.21. The molecule has 3 heteroatoms. The zero-order valence-electron chi connectivity index (χ0n) is 6.37. The first-order chi connectivity index (χ1) is 4.72. The van der Waals surface area contributed by atoms with Crippen LogP contribution >= 0.6 is 11.8 Å². The third kappa shape index (κ3) is 3.76. The third-order valence-electron chi connectivity index (χ3n) is 1.54. The number of thiocyanates is 1. The van der Waals surface area contributed by atoms with Crippen molar-refractivity contribution < 1.29 is 5.11 Å². The number of hydrogen-bond acceptors (Lipinski definition) is 3. The first-order valence-electron chi connectivity index (χ1n) is 3.34. The van der Waals surface area contributed by atoms with E-state index in [1.54, 1.807) is 0 Å². The molecule has 58 valence electrons. The van der Waals surface area contributed by atoms with Gasteiger partial charge in [0.1, 0.15) is 5.40 Å². The minimum Gasteiger partial charge on any atom is -0.396 e. The van der Waals surface area contributed by atoms with Crippen molar-refractivity contribution in [2.45, 2.75) is 13.8 Å². The number of thioether (sulfide) groups is 1. The Balaban J connectivity index is 3.52. The Kier molecular flexibility index (Phi) is 5.46. The predicted molar refractivity (Wildman–Crippen MR) is 43.5 cm³/mol. The summed E-state index contributed by atoms with van der Waals surface area (Å²) in [5.41, 5.74) is 0. The van der Waals surface area contributed by atoms with Crippen LogP contribution in [0.5, 0.6) is 0 Å². The maximum Gasteiger partial charge on any atom is 0.133 e. The summed E-state index contributed by atoms with van der Waals surface area (Å²) in [6.45, 7) is 4.30. The van der Waals surface area contributed by atoms with E-state index < -0.39 is 0 Å². The second-order valence-electron chi connectivity index (χ2n) is 2.59. The van der Waals surface area contributed by atoms with Gasteiger partial charge in [-0.2, -0.15) is 5.26 Å². The summed E-state index contributed by atoms with van der Waals surface area (Å²) in [6, 6.07) is 0. The normalized spacial score (nSPS) is 13.1. The molecule has 0 rings (SSSR count). The minimum atomic E-state index is 0.187. The van der Waals surface area contributed by atoms with Crippen molar-refractivity contribution in [3.8, 4) is 5.40 Å². The van der Waals surface area contributed by atoms with Gasteiger partial charge in [-0.15, -0.1) is 0 Å². The number of rotatable bonds is 4. The average Bonchev–Trinajstić information content (AvgIpc) is 1.89. The molecule has 0 radical (unpaired) electrons. The first-order valence-corrected chi connectivity index (χ1v) is 4.32. The molecule has 10 heavy (non-hydrogen) atoms. The number of nitrogens with zero attached hydrogens (tertiary/aromatic N) is 1. The fourth-order valence-electron chi connectivity index (χ4n) is 0.600. The van der Waals surface area contributed by atoms with Crippen molar-refractivity contribution >= 4 is 11.8 Å². The third-order valence-corrected chi connectivity index (χ3v) is 2.26. The molecule has 1 unspecified atom stereocenters. The zero-order chi connectivity index (χ0) is 7.98. The quantitative estimate of drug-likeness (QED) is 0.632. The molecule has 2 nitrogen and oxygen atoms in total. The zero-order valence-corrected chi connectivity index (χ0v) is 7.19. The van der Waals surface area contributed by atoms with Gasteiger partial charge in [0.15, 0.2) is 0 Å². The average molecular weight is 159 g/mol. The van der Waals surface area contributed by atoms with E-state index >= 15 is 0 Å². The molecular formula is C7H13NOS. The van der Waals surface area contributed by atoms with Gasteiger partial charge in [-0.05, 0) is 23.6 Å². The van der Waals surface area contributed by atoms with Crippen LogP contribution in [0, 0.1) is 22.5 Å². The number of aliphatic hydroxyl groups excluding tert-OH is 1. The Labute approximate surface area is 66.2 Å². The summed E-state index contributed by atoms with van der Waals surface area (Å²) in [5.74, 6) is 1.47. The van der Waals surface area contributed by atoms with Crippen LogP contribution in [0.2, 0.25) is 0 Å². The van der Waals surface area contributed by atoms with Gasteiger partial charge in [0.05, 0.1) is 0 Å². The van der Waals surface area contributed by atoms with Crippen molar-refractivity contribution in [2.24, 2.45) is 11.8 Å². The fraction of sp³-hybridized carbons (Fsp3) is 0.857. The summed E-state index contributed by atoms with van der Waals surface area (Å²) in [5, 5.41) is 19.0. The second kappa shape index (κ2) is 5.57. The molecule has 0 aliphatic rings. The molecule has 0 amide bonds. The predicted octanol–water partition coefficient (Wildman–Crippen LogP) is 1.47. The minimum absolute atomic E-state index is 0.187. The van der Waals surface area contributed by atoms with Crippen molar-refractivity contribution in [1.29, 1.82) is 5.26 Å². The molecule has 0 aromatic heterocycles. The topological polar surface area (TPSA) is 44.0 Å². The van der Waals surface area contributed by atoms with Crippen molar-refractivity contribution in [3.63, 3.8) is 0 Å². The van der Waals surface area contributed by atoms with Crippen LogP contribution in [0.25, 0.3) is 0 Å². The Bertz CT molecular complexity index is 119. The van der Waals surface area contributed by atoms with Crippen LogP contribution in [-0.4, -0.2) is 17.5 Å². The molecule has 0 spiro atoms. The fourth-order valence-corrected chi connectivity index (χ4v) is 1.38. The van der Waals surface area contributed by atoms with E-state index in [1.807, 2.05) is 5.40 Å². The largest absolute Gasteiger partial charge is 0.396 e. The lowest BCUT2D eigenvalue weighted by atomic mass is 9.99. The lowest BCUT2D eigenvalue weighted by Gasteiger charge is -2.14. The highest BCUT2D eigenvalue weighted by molar-refractivity contribution is 8.03. The molecule has 1 N–H and O–H groups in total. The van der Waals surface area contributed by atoms with Crippen LogP contribution in [0.4, 0.5) is 0 Å². The second-order valence-corrected chi connectivity index (χ2v) is 3.39. The molecule has 0 aromatic rings. The summed E-state index contributed by atoms with van der Waals surface area (Å²) in [6.07, 6.45) is 0. The van der Waals surface area contributed by atoms with E-state index in [0.29, 0.717) is 5.92 Å². The number of hydrogen-bond donors (Lipinski definition) is 1. The molecule has 0 aliphatic carbocycles. The highest BCUT2D eigenvalue weighted by atomic mass is 32.2. The standard InChI is InChI=1S/C7H13NOS/c1-6(2)7(3-9)4-10-5-8/h6-7,9H,3-4H2,1-2H3. The molecule has 0 aliphatic heterocycles. The van der Waals surface area contributed by atoms with E-state index in [-0.39, 0.29) is 12.5 Å². The highest BCUT2D eigenvalue weighted by Gasteiger charge is 2.11. The Morgan fingerprint density at radius 2 is 2.20 bits per heavy atom. The van der Waals surface area contributed by atoms with E-state index in [9.17, 15) is 0 Å². The lowest BCUT2D eigenvalue weighted by molar-refractivity contribution is 0.206. The molecule has 1 atom stereocenters. The summed E-state index contributed by atoms with van der Waals surface area (Å²) < 4.78 is 0. The monoisotopic (exact) mass is 159 g/mol. The van der Waals surface area contributed by atoms with E-state index in [0.717, 1.165) is 5.75 Å². The van der Waals surface area contributed by atoms with Crippen LogP contribution in [0.1, 0.15) is 13.8 Å². The highest BCUT2D eigenvalue weighted by Crippen LogP contribution is 2.15. The van der Waals surface area contributed by atoms with Gasteiger partial charge < -0.3 is 5.11 Å². The van der Waals surface area contributed by atoms with Crippen molar-refractivity contribution in [3.05, 3.63) is 0 Å². The Morgan fingerprint density at radius 1 is 1.60 bits per heavy atom. The van der Waals surface area contributed by atoms with Gasteiger partial charge in [0.2, 0.25) is 0 Å². The molecule has 0 saturated carbocycles. The maximum absolute atomic E-state index is 8.80. The molecule has 0 saturated heterocycles. The van der Waals surface area contributed by atoms with Gasteiger partial charge >= 0.3 is 0 Å². The molecule has 0 aromatic carbocycles. The van der Waals surface area contributed by atoms with Crippen molar-refractivity contribution in [2.75, 3.05) is 12.4 Å². The van der Waals surface area contributed by atoms with Crippen LogP contribution in [0.3, 0.4) is 0 Å². The molecular weight excluding hydrogens is 146 g/mol. The van der Waals surface area contributed by atoms with Crippen LogP contribution < -0.4 is 0 Å². The van der Waals surface area contributed by atoms with Gasteiger partial charge in [-0.25, -0.2) is 0 Å². The smallest absolute Gasteiger partial charge is 0.133 e. The van der Waals surface area contributed by atoms with Gasteiger partial charge in [-0.3, -0.25) is 0 Å². The Hall–Kier alpha value is -0.200. The van der Waals surface area contributed by atoms with Gasteiger partial charge in [0.25, 0.3) is 0 Å². The molecule has 0 fully saturated rings. The first kappa shape index (κ1) is 9.80. The van der Waals surface area contributed by atoms with Crippen molar-refractivity contribution in [1.82, 2.24) is 0 Å². The summed E-state index contributed by atoms with van der Waals surface area (Å²) in [4.78, 5) is 0. The van der Waals surface area contributed by atoms with Crippen LogP contribution in [-0.2, 0) is 0 Å². The SMILES string of the molecule is CC(C)C(CO)CSC#N. The van der Waals surface area contributed by atoms with E-state index in [4.69, 9.17) is 10.4 Å². The summed E-state index contributed by atoms with van der Waals surface area (Å²) in [7, 11) is 0.